The van der Waals surface area contributed by atoms with Crippen LogP contribution >= 0.6 is 0 Å². The summed E-state index contributed by atoms with van der Waals surface area (Å²) in [6.45, 7) is -1.00. The molecule has 4 rings (SSSR count). The third kappa shape index (κ3) is 4.10. The maximum Gasteiger partial charge on any atom is 0.406 e. The summed E-state index contributed by atoms with van der Waals surface area (Å²) in [5.74, 6) is 0.218. The molecule has 6 nitrogen and oxygen atoms in total. The van der Waals surface area contributed by atoms with E-state index >= 15 is 0 Å². The highest BCUT2D eigenvalue weighted by Crippen LogP contribution is 2.39. The summed E-state index contributed by atoms with van der Waals surface area (Å²) in [6, 6.07) is 3.07. The van der Waals surface area contributed by atoms with Crippen LogP contribution in [0.5, 0.6) is 0 Å². The van der Waals surface area contributed by atoms with Crippen molar-refractivity contribution in [3.8, 4) is 0 Å². The maximum absolute atomic E-state index is 12.7. The normalized spacial score (nSPS) is 23.3. The Morgan fingerprint density at radius 1 is 1.25 bits per heavy atom. The molecule has 0 aliphatic heterocycles. The second-order valence-electron chi connectivity index (χ2n) is 7.56. The molecule has 0 radical (unpaired) electrons. The van der Waals surface area contributed by atoms with E-state index in [4.69, 9.17) is 5.11 Å². The number of rotatable bonds is 6. The number of aliphatic hydroxyl groups is 1. The van der Waals surface area contributed by atoms with Gasteiger partial charge < -0.3 is 15.7 Å². The van der Waals surface area contributed by atoms with Gasteiger partial charge in [0, 0.05) is 35.3 Å². The van der Waals surface area contributed by atoms with E-state index in [1.54, 1.807) is 6.07 Å². The number of aromatic nitrogens is 2. The Hall–Kier alpha value is -2.26. The van der Waals surface area contributed by atoms with Crippen LogP contribution in [-0.4, -0.2) is 51.9 Å². The van der Waals surface area contributed by atoms with Crippen LogP contribution in [0.15, 0.2) is 24.4 Å². The van der Waals surface area contributed by atoms with Gasteiger partial charge in [0.1, 0.15) is 6.04 Å². The topological polar surface area (TPSA) is 87.1 Å². The first-order valence-corrected chi connectivity index (χ1v) is 9.34. The van der Waals surface area contributed by atoms with Gasteiger partial charge in [-0.1, -0.05) is 0 Å². The van der Waals surface area contributed by atoms with Crippen molar-refractivity contribution in [2.45, 2.75) is 55.9 Å². The summed E-state index contributed by atoms with van der Waals surface area (Å²) >= 11 is 0. The van der Waals surface area contributed by atoms with Gasteiger partial charge in [-0.25, -0.2) is 9.97 Å². The van der Waals surface area contributed by atoms with E-state index in [2.05, 4.69) is 20.6 Å². The molecule has 150 valence electrons. The van der Waals surface area contributed by atoms with Gasteiger partial charge >= 0.3 is 6.18 Å². The summed E-state index contributed by atoms with van der Waals surface area (Å²) in [7, 11) is 0. The molecule has 1 amide bonds. The van der Waals surface area contributed by atoms with Crippen molar-refractivity contribution in [3.63, 3.8) is 0 Å². The van der Waals surface area contributed by atoms with Crippen LogP contribution < -0.4 is 10.6 Å². The number of nitrogens with zero attached hydrogens (tertiary/aromatic N) is 2. The van der Waals surface area contributed by atoms with Crippen LogP contribution in [0, 0.1) is 0 Å². The number of pyridine rings is 2. The van der Waals surface area contributed by atoms with Gasteiger partial charge in [0.2, 0.25) is 0 Å². The van der Waals surface area contributed by atoms with Gasteiger partial charge in [0.05, 0.1) is 12.2 Å². The molecule has 2 fully saturated rings. The molecule has 0 spiro atoms. The van der Waals surface area contributed by atoms with Gasteiger partial charge in [0.25, 0.3) is 5.91 Å². The van der Waals surface area contributed by atoms with Crippen LogP contribution in [0.4, 0.5) is 13.2 Å². The van der Waals surface area contributed by atoms with E-state index in [9.17, 15) is 18.0 Å². The zero-order valence-corrected chi connectivity index (χ0v) is 15.0. The number of alkyl halides is 3. The fraction of sp³-hybridized carbons (Fsp3) is 0.526. The molecule has 2 saturated carbocycles. The van der Waals surface area contributed by atoms with E-state index in [0.717, 1.165) is 23.9 Å². The third-order valence-corrected chi connectivity index (χ3v) is 5.31. The third-order valence-electron chi connectivity index (χ3n) is 5.31. The molecule has 2 aromatic rings. The van der Waals surface area contributed by atoms with Crippen molar-refractivity contribution in [3.05, 3.63) is 35.7 Å². The number of nitrogens with one attached hydrogen (secondary N) is 2. The summed E-state index contributed by atoms with van der Waals surface area (Å²) < 4.78 is 38.0. The number of carbonyl (C=O) groups excluding carboxylic acids is 1. The lowest BCUT2D eigenvalue weighted by molar-refractivity contribution is -0.167. The molecule has 3 N–H and O–H groups in total. The van der Waals surface area contributed by atoms with Crippen LogP contribution in [-0.2, 0) is 0 Å². The molecule has 1 unspecified atom stereocenters. The predicted octanol–water partition coefficient (Wildman–Crippen LogP) is 2.28. The van der Waals surface area contributed by atoms with Gasteiger partial charge in [-0.2, -0.15) is 13.2 Å². The van der Waals surface area contributed by atoms with Crippen molar-refractivity contribution in [1.82, 2.24) is 20.6 Å². The minimum absolute atomic E-state index is 0.205. The zero-order chi connectivity index (χ0) is 19.9. The zero-order valence-electron chi connectivity index (χ0n) is 15.0. The molecule has 2 aromatic heterocycles. The second kappa shape index (κ2) is 7.29. The quantitative estimate of drug-likeness (QED) is 0.700. The molecule has 28 heavy (non-hydrogen) atoms. The van der Waals surface area contributed by atoms with Crippen molar-refractivity contribution in [1.29, 1.82) is 0 Å². The largest absolute Gasteiger partial charge is 0.406 e. The van der Waals surface area contributed by atoms with Crippen molar-refractivity contribution in [2.75, 3.05) is 6.61 Å². The predicted molar refractivity (Wildman–Crippen MR) is 95.9 cm³/mol. The molecular weight excluding hydrogens is 373 g/mol. The Kier molecular flexibility index (Phi) is 4.96. The SMILES string of the molecule is O=C(N[C@H]1C[C@@H](NC(CO)C(F)(F)F)C1)c1cnc2nc(C3CC3)ccc2c1. The average molecular weight is 394 g/mol. The molecule has 2 aliphatic carbocycles. The van der Waals surface area contributed by atoms with Gasteiger partial charge in [0.15, 0.2) is 5.65 Å². The number of hydrogen-bond donors (Lipinski definition) is 3. The fourth-order valence-corrected chi connectivity index (χ4v) is 3.43. The molecule has 2 aliphatic rings. The Labute approximate surface area is 159 Å². The molecule has 0 saturated heterocycles. The summed E-state index contributed by atoms with van der Waals surface area (Å²) in [5, 5.41) is 14.8. The van der Waals surface area contributed by atoms with E-state index < -0.39 is 18.8 Å². The number of halogens is 3. The highest BCUT2D eigenvalue weighted by molar-refractivity contribution is 5.97. The van der Waals surface area contributed by atoms with E-state index in [1.165, 1.54) is 6.20 Å². The first-order chi connectivity index (χ1) is 13.3. The number of carbonyl (C=O) groups is 1. The Morgan fingerprint density at radius 3 is 2.64 bits per heavy atom. The number of fused-ring (bicyclic) bond motifs is 1. The number of aliphatic hydroxyl groups excluding tert-OH is 1. The minimum atomic E-state index is -4.49. The summed E-state index contributed by atoms with van der Waals surface area (Å²) in [6.07, 6.45) is 0.0439. The molecule has 0 bridgehead atoms. The van der Waals surface area contributed by atoms with Crippen LogP contribution in [0.3, 0.4) is 0 Å². The van der Waals surface area contributed by atoms with Gasteiger partial charge in [-0.15, -0.1) is 0 Å². The maximum atomic E-state index is 12.7. The van der Waals surface area contributed by atoms with Crippen LogP contribution in [0.1, 0.15) is 47.7 Å². The van der Waals surface area contributed by atoms with E-state index in [1.807, 2.05) is 12.1 Å². The van der Waals surface area contributed by atoms with Crippen molar-refractivity contribution in [2.24, 2.45) is 0 Å². The molecule has 1 atom stereocenters. The Balaban J connectivity index is 1.32. The lowest BCUT2D eigenvalue weighted by Gasteiger charge is -2.38. The highest BCUT2D eigenvalue weighted by Gasteiger charge is 2.42. The first-order valence-electron chi connectivity index (χ1n) is 9.34. The molecule has 0 aromatic carbocycles. The van der Waals surface area contributed by atoms with Crippen LogP contribution in [0.25, 0.3) is 11.0 Å². The summed E-state index contributed by atoms with van der Waals surface area (Å²) in [4.78, 5) is 21.2. The van der Waals surface area contributed by atoms with Gasteiger partial charge in [-0.3, -0.25) is 4.79 Å². The number of amides is 1. The van der Waals surface area contributed by atoms with Crippen molar-refractivity contribution < 1.29 is 23.1 Å². The minimum Gasteiger partial charge on any atom is -0.394 e. The first kappa shape index (κ1) is 19.1. The number of hydrogen-bond acceptors (Lipinski definition) is 5. The average Bonchev–Trinajstić information content (AvgIpc) is 3.46. The standard InChI is InChI=1S/C19H21F3N4O2/c20-19(21,22)16(9-27)24-13-6-14(7-13)25-18(28)12-5-11-3-4-15(10-1-2-10)26-17(11)23-8-12/h3-5,8,10,13-14,16,24,27H,1-2,6-7,9H2,(H,25,28)/t13-,14+,16?. The summed E-state index contributed by atoms with van der Waals surface area (Å²) in [5.41, 5.74) is 2.04. The van der Waals surface area contributed by atoms with Gasteiger partial charge in [-0.05, 0) is 43.9 Å². The Morgan fingerprint density at radius 2 is 2.00 bits per heavy atom. The van der Waals surface area contributed by atoms with Crippen molar-refractivity contribution >= 4 is 16.9 Å². The van der Waals surface area contributed by atoms with Crippen LogP contribution in [0.2, 0.25) is 0 Å². The van der Waals surface area contributed by atoms with E-state index in [-0.39, 0.29) is 18.0 Å². The second-order valence-corrected chi connectivity index (χ2v) is 7.56. The highest BCUT2D eigenvalue weighted by atomic mass is 19.4. The van der Waals surface area contributed by atoms with E-state index in [0.29, 0.717) is 30.0 Å². The lowest BCUT2D eigenvalue weighted by atomic mass is 9.86. The Bertz CT molecular complexity index is 879. The molecule has 9 heteroatoms. The molecule has 2 heterocycles. The smallest absolute Gasteiger partial charge is 0.394 e. The monoisotopic (exact) mass is 394 g/mol. The fourth-order valence-electron chi connectivity index (χ4n) is 3.43. The molecular formula is C19H21F3N4O2. The lowest BCUT2D eigenvalue weighted by Crippen LogP contribution is -2.58.